The highest BCUT2D eigenvalue weighted by Gasteiger charge is 2.15. The quantitative estimate of drug-likeness (QED) is 0.282. The van der Waals surface area contributed by atoms with Crippen LogP contribution in [0.1, 0.15) is 36.5 Å². The van der Waals surface area contributed by atoms with Crippen molar-refractivity contribution < 1.29 is 14.2 Å². The van der Waals surface area contributed by atoms with Gasteiger partial charge in [0.05, 0.1) is 33.0 Å². The average Bonchev–Trinajstić information content (AvgIpc) is 3.34. The standard InChI is InChI=1S/C26H37N3O3/c1-2-27-26(28-13-7-14-30-20-25-12-15-31-21-25)29-17-23-10-6-11-24(16-23)19-32-18-22-8-4-3-5-9-22/h3-6,8-11,16,25H,2,7,12-15,17-21H2,1H3,(H2,27,28,29). The first-order valence-corrected chi connectivity index (χ1v) is 11.7. The highest BCUT2D eigenvalue weighted by atomic mass is 16.5. The van der Waals surface area contributed by atoms with Gasteiger partial charge in [-0.2, -0.15) is 0 Å². The van der Waals surface area contributed by atoms with E-state index < -0.39 is 0 Å². The predicted molar refractivity (Wildman–Crippen MR) is 129 cm³/mol. The van der Waals surface area contributed by atoms with E-state index in [1.807, 2.05) is 18.2 Å². The number of nitrogens with one attached hydrogen (secondary N) is 2. The largest absolute Gasteiger partial charge is 0.381 e. The fourth-order valence-corrected chi connectivity index (χ4v) is 3.54. The first-order valence-electron chi connectivity index (χ1n) is 11.7. The van der Waals surface area contributed by atoms with Crippen LogP contribution in [-0.4, -0.2) is 45.5 Å². The molecule has 0 radical (unpaired) electrons. The number of guanidine groups is 1. The van der Waals surface area contributed by atoms with E-state index >= 15 is 0 Å². The van der Waals surface area contributed by atoms with Crippen LogP contribution in [0, 0.1) is 5.92 Å². The highest BCUT2D eigenvalue weighted by Crippen LogP contribution is 2.12. The SMILES string of the molecule is CCNC(=NCc1cccc(COCc2ccccc2)c1)NCCCOCC1CCOC1. The van der Waals surface area contributed by atoms with E-state index in [2.05, 4.69) is 54.0 Å². The van der Waals surface area contributed by atoms with Gasteiger partial charge in [0.25, 0.3) is 0 Å². The summed E-state index contributed by atoms with van der Waals surface area (Å²) in [4.78, 5) is 4.73. The molecule has 6 heteroatoms. The lowest BCUT2D eigenvalue weighted by atomic mass is 10.1. The Morgan fingerprint density at radius 2 is 1.81 bits per heavy atom. The molecular formula is C26H37N3O3. The zero-order chi connectivity index (χ0) is 22.3. The van der Waals surface area contributed by atoms with Crippen molar-refractivity contribution in [1.82, 2.24) is 10.6 Å². The Bertz CT molecular complexity index is 792. The van der Waals surface area contributed by atoms with Crippen molar-refractivity contribution in [2.24, 2.45) is 10.9 Å². The number of hydrogen-bond donors (Lipinski definition) is 2. The number of nitrogens with zero attached hydrogens (tertiary/aromatic N) is 1. The van der Waals surface area contributed by atoms with Crippen molar-refractivity contribution in [2.75, 3.05) is 39.5 Å². The van der Waals surface area contributed by atoms with E-state index in [0.717, 1.165) is 63.9 Å². The van der Waals surface area contributed by atoms with Crippen LogP contribution >= 0.6 is 0 Å². The zero-order valence-electron chi connectivity index (χ0n) is 19.2. The molecule has 2 N–H and O–H groups in total. The van der Waals surface area contributed by atoms with E-state index in [0.29, 0.717) is 25.7 Å². The molecule has 174 valence electrons. The van der Waals surface area contributed by atoms with Crippen LogP contribution in [0.15, 0.2) is 59.6 Å². The first kappa shape index (κ1) is 24.2. The second-order valence-corrected chi connectivity index (χ2v) is 8.08. The topological polar surface area (TPSA) is 64.1 Å². The van der Waals surface area contributed by atoms with Gasteiger partial charge in [0.2, 0.25) is 0 Å². The smallest absolute Gasteiger partial charge is 0.191 e. The molecule has 1 unspecified atom stereocenters. The minimum Gasteiger partial charge on any atom is -0.381 e. The molecule has 2 aromatic rings. The van der Waals surface area contributed by atoms with Crippen LogP contribution in [0.25, 0.3) is 0 Å². The molecule has 0 aromatic heterocycles. The summed E-state index contributed by atoms with van der Waals surface area (Å²) < 4.78 is 17.0. The van der Waals surface area contributed by atoms with Crippen LogP contribution in [0.4, 0.5) is 0 Å². The van der Waals surface area contributed by atoms with Gasteiger partial charge >= 0.3 is 0 Å². The molecule has 0 bridgehead atoms. The number of ether oxygens (including phenoxy) is 3. The maximum absolute atomic E-state index is 5.86. The lowest BCUT2D eigenvalue weighted by Gasteiger charge is -2.12. The molecule has 3 rings (SSSR count). The normalized spacial score (nSPS) is 16.3. The number of hydrogen-bond acceptors (Lipinski definition) is 4. The summed E-state index contributed by atoms with van der Waals surface area (Å²) in [6.45, 7) is 8.87. The molecule has 0 amide bonds. The molecule has 1 aliphatic rings. The van der Waals surface area contributed by atoms with Crippen LogP contribution in [0.2, 0.25) is 0 Å². The third-order valence-corrected chi connectivity index (χ3v) is 5.27. The molecule has 1 fully saturated rings. The molecule has 2 aromatic carbocycles. The van der Waals surface area contributed by atoms with Crippen molar-refractivity contribution in [3.63, 3.8) is 0 Å². The van der Waals surface area contributed by atoms with Gasteiger partial charge in [0, 0.05) is 32.2 Å². The van der Waals surface area contributed by atoms with Gasteiger partial charge in [0.1, 0.15) is 0 Å². The summed E-state index contributed by atoms with van der Waals surface area (Å²) in [6, 6.07) is 18.7. The summed E-state index contributed by atoms with van der Waals surface area (Å²) in [6.07, 6.45) is 2.07. The van der Waals surface area contributed by atoms with Crippen molar-refractivity contribution in [3.8, 4) is 0 Å². The average molecular weight is 440 g/mol. The third-order valence-electron chi connectivity index (χ3n) is 5.27. The maximum atomic E-state index is 5.86. The molecule has 1 atom stereocenters. The summed E-state index contributed by atoms with van der Waals surface area (Å²) >= 11 is 0. The second-order valence-electron chi connectivity index (χ2n) is 8.08. The van der Waals surface area contributed by atoms with Gasteiger partial charge in [-0.3, -0.25) is 0 Å². The van der Waals surface area contributed by atoms with E-state index in [1.165, 1.54) is 11.1 Å². The maximum Gasteiger partial charge on any atom is 0.191 e. The lowest BCUT2D eigenvalue weighted by Crippen LogP contribution is -2.38. The summed E-state index contributed by atoms with van der Waals surface area (Å²) in [5.74, 6) is 1.41. The van der Waals surface area contributed by atoms with Gasteiger partial charge in [0.15, 0.2) is 5.96 Å². The Hall–Kier alpha value is -2.41. The predicted octanol–water partition coefficient (Wildman–Crippen LogP) is 3.90. The number of benzene rings is 2. The van der Waals surface area contributed by atoms with Crippen molar-refractivity contribution in [2.45, 2.75) is 39.5 Å². The monoisotopic (exact) mass is 439 g/mol. The zero-order valence-corrected chi connectivity index (χ0v) is 19.2. The van der Waals surface area contributed by atoms with Crippen LogP contribution < -0.4 is 10.6 Å². The molecule has 0 spiro atoms. The highest BCUT2D eigenvalue weighted by molar-refractivity contribution is 5.79. The number of aliphatic imine (C=N–C) groups is 1. The summed E-state index contributed by atoms with van der Waals surface area (Å²) in [5, 5.41) is 6.71. The Labute approximate surface area is 192 Å². The fourth-order valence-electron chi connectivity index (χ4n) is 3.54. The molecule has 6 nitrogen and oxygen atoms in total. The van der Waals surface area contributed by atoms with Gasteiger partial charge in [-0.05, 0) is 36.5 Å². The molecule has 1 heterocycles. The minimum atomic E-state index is 0.571. The Morgan fingerprint density at radius 1 is 1.00 bits per heavy atom. The van der Waals surface area contributed by atoms with Crippen molar-refractivity contribution >= 4 is 5.96 Å². The molecule has 1 saturated heterocycles. The molecule has 1 aliphatic heterocycles. The van der Waals surface area contributed by atoms with Crippen LogP contribution in [0.5, 0.6) is 0 Å². The molecular weight excluding hydrogens is 402 g/mol. The van der Waals surface area contributed by atoms with E-state index in [1.54, 1.807) is 0 Å². The van der Waals surface area contributed by atoms with Gasteiger partial charge in [-0.25, -0.2) is 4.99 Å². The molecule has 32 heavy (non-hydrogen) atoms. The Morgan fingerprint density at radius 3 is 2.62 bits per heavy atom. The summed E-state index contributed by atoms with van der Waals surface area (Å²) in [7, 11) is 0. The van der Waals surface area contributed by atoms with E-state index in [4.69, 9.17) is 19.2 Å². The lowest BCUT2D eigenvalue weighted by molar-refractivity contribution is 0.0888. The Balaban J connectivity index is 1.37. The molecule has 0 saturated carbocycles. The Kier molecular flexibility index (Phi) is 11.1. The van der Waals surface area contributed by atoms with Crippen LogP contribution in [-0.2, 0) is 34.0 Å². The summed E-state index contributed by atoms with van der Waals surface area (Å²) in [5.41, 5.74) is 3.52. The van der Waals surface area contributed by atoms with Crippen molar-refractivity contribution in [3.05, 3.63) is 71.3 Å². The van der Waals surface area contributed by atoms with E-state index in [9.17, 15) is 0 Å². The van der Waals surface area contributed by atoms with Gasteiger partial charge in [-0.15, -0.1) is 0 Å². The van der Waals surface area contributed by atoms with E-state index in [-0.39, 0.29) is 0 Å². The van der Waals surface area contributed by atoms with Crippen LogP contribution in [0.3, 0.4) is 0 Å². The minimum absolute atomic E-state index is 0.571. The van der Waals surface area contributed by atoms with Gasteiger partial charge in [-0.1, -0.05) is 54.6 Å². The second kappa shape index (κ2) is 14.6. The fraction of sp³-hybridized carbons (Fsp3) is 0.500. The number of rotatable bonds is 13. The van der Waals surface area contributed by atoms with Gasteiger partial charge < -0.3 is 24.8 Å². The first-order chi connectivity index (χ1) is 15.8. The third kappa shape index (κ3) is 9.39. The molecule has 0 aliphatic carbocycles. The van der Waals surface area contributed by atoms with Crippen molar-refractivity contribution in [1.29, 1.82) is 0 Å².